The average Bonchev–Trinajstić information content (AvgIpc) is 2.65. The predicted octanol–water partition coefficient (Wildman–Crippen LogP) is 4.10. The highest BCUT2D eigenvalue weighted by Gasteiger charge is 2.45. The molecular formula is C21H19FN2O2. The summed E-state index contributed by atoms with van der Waals surface area (Å²) in [5.41, 5.74) is 1.43. The lowest BCUT2D eigenvalue weighted by Crippen LogP contribution is -2.56. The Balaban J connectivity index is 1.63. The third kappa shape index (κ3) is 2.79. The van der Waals surface area contributed by atoms with Crippen molar-refractivity contribution >= 4 is 22.6 Å². The molecule has 0 radical (unpaired) electrons. The molecule has 2 aromatic carbocycles. The Morgan fingerprint density at radius 1 is 1.19 bits per heavy atom. The molecule has 4 rings (SSSR count). The van der Waals surface area contributed by atoms with E-state index in [0.717, 1.165) is 16.6 Å². The van der Waals surface area contributed by atoms with Gasteiger partial charge in [0.1, 0.15) is 0 Å². The first-order valence-corrected chi connectivity index (χ1v) is 8.66. The second-order valence-corrected chi connectivity index (χ2v) is 6.47. The molecule has 1 saturated heterocycles. The van der Waals surface area contributed by atoms with E-state index < -0.39 is 5.67 Å². The number of benzene rings is 2. The van der Waals surface area contributed by atoms with Crippen LogP contribution in [0.4, 0.5) is 10.1 Å². The molecule has 2 heterocycles. The Kier molecular flexibility index (Phi) is 4.07. The summed E-state index contributed by atoms with van der Waals surface area (Å²) in [6.07, 6.45) is 1.60. The van der Waals surface area contributed by atoms with Crippen LogP contribution in [0.25, 0.3) is 10.9 Å². The van der Waals surface area contributed by atoms with Crippen LogP contribution >= 0.6 is 0 Å². The van der Waals surface area contributed by atoms with Crippen molar-refractivity contribution in [3.63, 3.8) is 0 Å². The smallest absolute Gasteiger partial charge is 0.338 e. The zero-order valence-corrected chi connectivity index (χ0v) is 14.5. The van der Waals surface area contributed by atoms with Crippen LogP contribution in [0.2, 0.25) is 0 Å². The molecule has 0 atom stereocenters. The minimum absolute atomic E-state index is 0.289. The van der Waals surface area contributed by atoms with Crippen LogP contribution < -0.4 is 4.90 Å². The van der Waals surface area contributed by atoms with E-state index in [-0.39, 0.29) is 19.1 Å². The first-order valence-electron chi connectivity index (χ1n) is 8.66. The van der Waals surface area contributed by atoms with Crippen LogP contribution in [0, 0.1) is 0 Å². The van der Waals surface area contributed by atoms with Gasteiger partial charge in [0.2, 0.25) is 0 Å². The van der Waals surface area contributed by atoms with Crippen LogP contribution in [0.15, 0.2) is 60.8 Å². The van der Waals surface area contributed by atoms with Gasteiger partial charge in [-0.3, -0.25) is 4.98 Å². The molecule has 0 spiro atoms. The topological polar surface area (TPSA) is 42.4 Å². The van der Waals surface area contributed by atoms with Crippen molar-refractivity contribution in [2.75, 3.05) is 24.6 Å². The van der Waals surface area contributed by atoms with Gasteiger partial charge in [-0.05, 0) is 36.8 Å². The molecule has 0 amide bonds. The molecule has 26 heavy (non-hydrogen) atoms. The van der Waals surface area contributed by atoms with Crippen LogP contribution in [-0.4, -0.2) is 30.6 Å². The number of fused-ring (bicyclic) bond motifs is 1. The van der Waals surface area contributed by atoms with Gasteiger partial charge in [-0.2, -0.15) is 0 Å². The van der Waals surface area contributed by atoms with Crippen molar-refractivity contribution in [2.45, 2.75) is 12.6 Å². The van der Waals surface area contributed by atoms with Gasteiger partial charge in [0, 0.05) is 17.3 Å². The van der Waals surface area contributed by atoms with Crippen molar-refractivity contribution in [1.29, 1.82) is 0 Å². The van der Waals surface area contributed by atoms with E-state index >= 15 is 4.39 Å². The molecular weight excluding hydrogens is 331 g/mol. The summed E-state index contributed by atoms with van der Waals surface area (Å²) in [6, 6.07) is 16.5. The van der Waals surface area contributed by atoms with Gasteiger partial charge in [0.15, 0.2) is 5.67 Å². The maximum absolute atomic E-state index is 15.1. The van der Waals surface area contributed by atoms with E-state index in [1.807, 2.05) is 53.4 Å². The summed E-state index contributed by atoms with van der Waals surface area (Å²) < 4.78 is 20.2. The largest absolute Gasteiger partial charge is 0.462 e. The van der Waals surface area contributed by atoms with Crippen LogP contribution in [0.5, 0.6) is 0 Å². The van der Waals surface area contributed by atoms with Gasteiger partial charge in [0.25, 0.3) is 0 Å². The number of esters is 1. The average molecular weight is 350 g/mol. The number of hydrogen-bond donors (Lipinski definition) is 0. The van der Waals surface area contributed by atoms with Crippen molar-refractivity contribution in [3.05, 3.63) is 71.9 Å². The zero-order chi connectivity index (χ0) is 18.1. The zero-order valence-electron chi connectivity index (χ0n) is 14.5. The van der Waals surface area contributed by atoms with Gasteiger partial charge >= 0.3 is 5.97 Å². The van der Waals surface area contributed by atoms with Crippen LogP contribution in [0.1, 0.15) is 22.8 Å². The minimum atomic E-state index is -1.34. The fourth-order valence-corrected chi connectivity index (χ4v) is 3.38. The third-order valence-corrected chi connectivity index (χ3v) is 4.76. The Morgan fingerprint density at radius 3 is 2.69 bits per heavy atom. The van der Waals surface area contributed by atoms with E-state index in [4.69, 9.17) is 4.74 Å². The van der Waals surface area contributed by atoms with Gasteiger partial charge in [0.05, 0.1) is 30.8 Å². The predicted molar refractivity (Wildman–Crippen MR) is 99.1 cm³/mol. The van der Waals surface area contributed by atoms with E-state index in [2.05, 4.69) is 4.98 Å². The van der Waals surface area contributed by atoms with Gasteiger partial charge in [-0.1, -0.05) is 30.3 Å². The van der Waals surface area contributed by atoms with E-state index in [0.29, 0.717) is 17.7 Å². The highest BCUT2D eigenvalue weighted by atomic mass is 19.1. The highest BCUT2D eigenvalue weighted by Crippen LogP contribution is 2.39. The fraction of sp³-hybridized carbons (Fsp3) is 0.238. The van der Waals surface area contributed by atoms with Gasteiger partial charge in [-0.25, -0.2) is 9.18 Å². The third-order valence-electron chi connectivity index (χ3n) is 4.76. The monoisotopic (exact) mass is 350 g/mol. The van der Waals surface area contributed by atoms with Gasteiger partial charge in [-0.15, -0.1) is 0 Å². The Labute approximate surface area is 151 Å². The number of alkyl halides is 1. The molecule has 0 bridgehead atoms. The highest BCUT2D eigenvalue weighted by molar-refractivity contribution is 6.04. The summed E-state index contributed by atoms with van der Waals surface area (Å²) in [7, 11) is 0. The molecule has 3 aromatic rings. The molecule has 1 aromatic heterocycles. The molecule has 1 fully saturated rings. The van der Waals surface area contributed by atoms with E-state index in [9.17, 15) is 4.79 Å². The van der Waals surface area contributed by atoms with Crippen molar-refractivity contribution in [1.82, 2.24) is 4.98 Å². The Morgan fingerprint density at radius 2 is 1.96 bits per heavy atom. The summed E-state index contributed by atoms with van der Waals surface area (Å²) in [4.78, 5) is 18.5. The normalized spacial score (nSPS) is 15.5. The molecule has 4 nitrogen and oxygen atoms in total. The van der Waals surface area contributed by atoms with Crippen molar-refractivity contribution < 1.29 is 13.9 Å². The van der Waals surface area contributed by atoms with E-state index in [1.165, 1.54) is 0 Å². The molecule has 1 aliphatic rings. The van der Waals surface area contributed by atoms with Crippen molar-refractivity contribution in [3.8, 4) is 0 Å². The standard InChI is InChI=1S/C21H19FN2O2/c1-2-26-20(25)17-10-11-23-19-9-8-16(12-18(17)19)24-13-21(22,14-24)15-6-4-3-5-7-15/h3-12H,2,13-14H2,1H3. The van der Waals surface area contributed by atoms with Crippen LogP contribution in [0.3, 0.4) is 0 Å². The molecule has 0 unspecified atom stereocenters. The maximum atomic E-state index is 15.1. The molecule has 0 aliphatic carbocycles. The van der Waals surface area contributed by atoms with E-state index in [1.54, 1.807) is 19.2 Å². The number of carbonyl (C=O) groups is 1. The van der Waals surface area contributed by atoms with Gasteiger partial charge < -0.3 is 9.64 Å². The molecule has 132 valence electrons. The molecule has 1 aliphatic heterocycles. The molecule has 0 N–H and O–H groups in total. The Bertz CT molecular complexity index is 953. The SMILES string of the molecule is CCOC(=O)c1ccnc2ccc(N3CC(F)(c4ccccc4)C3)cc12. The number of ether oxygens (including phenoxy) is 1. The van der Waals surface area contributed by atoms with Crippen molar-refractivity contribution in [2.24, 2.45) is 0 Å². The number of pyridine rings is 1. The number of halogens is 1. The number of carbonyl (C=O) groups excluding carboxylic acids is 1. The summed E-state index contributed by atoms with van der Waals surface area (Å²) in [6.45, 7) is 2.67. The summed E-state index contributed by atoms with van der Waals surface area (Å²) in [5.74, 6) is -0.371. The minimum Gasteiger partial charge on any atom is -0.462 e. The number of rotatable bonds is 4. The summed E-state index contributed by atoms with van der Waals surface area (Å²) in [5, 5.41) is 0.722. The first kappa shape index (κ1) is 16.5. The second-order valence-electron chi connectivity index (χ2n) is 6.47. The number of aromatic nitrogens is 1. The fourth-order valence-electron chi connectivity index (χ4n) is 3.38. The number of nitrogens with zero attached hydrogens (tertiary/aromatic N) is 2. The Hall–Kier alpha value is -2.95. The molecule has 0 saturated carbocycles. The number of hydrogen-bond acceptors (Lipinski definition) is 4. The lowest BCUT2D eigenvalue weighted by molar-refractivity contribution is 0.0528. The second kappa shape index (κ2) is 6.41. The van der Waals surface area contributed by atoms with Crippen LogP contribution in [-0.2, 0) is 10.4 Å². The quantitative estimate of drug-likeness (QED) is 0.665. The maximum Gasteiger partial charge on any atom is 0.338 e. The first-order chi connectivity index (χ1) is 12.6. The molecule has 5 heteroatoms. The number of anilines is 1. The summed E-state index contributed by atoms with van der Waals surface area (Å²) >= 11 is 0. The lowest BCUT2D eigenvalue weighted by atomic mass is 9.87. The lowest BCUT2D eigenvalue weighted by Gasteiger charge is -2.46.